The highest BCUT2D eigenvalue weighted by atomic mass is 16.5. The number of rotatable bonds is 13. The van der Waals surface area contributed by atoms with Crippen LogP contribution in [0.2, 0.25) is 0 Å². The second kappa shape index (κ2) is 16.3. The SMILES string of the molecule is CC.CNc1ccc(OCCCOCCCCOCC(C)=O)cc1. The van der Waals surface area contributed by atoms with Crippen LogP contribution < -0.4 is 10.1 Å². The summed E-state index contributed by atoms with van der Waals surface area (Å²) in [6, 6.07) is 7.88. The molecule has 0 aliphatic heterocycles. The maximum absolute atomic E-state index is 10.6. The van der Waals surface area contributed by atoms with E-state index in [0.717, 1.165) is 37.3 Å². The quantitative estimate of drug-likeness (QED) is 0.552. The van der Waals surface area contributed by atoms with Gasteiger partial charge >= 0.3 is 0 Å². The number of carbonyl (C=O) groups excluding carboxylic acids is 1. The summed E-state index contributed by atoms with van der Waals surface area (Å²) in [5.41, 5.74) is 1.07. The predicted octanol–water partition coefficient (Wildman–Crippen LogP) is 3.93. The van der Waals surface area contributed by atoms with E-state index in [1.54, 1.807) is 0 Å². The maximum atomic E-state index is 10.6. The number of ketones is 1. The molecule has 0 aromatic heterocycles. The van der Waals surface area contributed by atoms with Gasteiger partial charge in [0.25, 0.3) is 0 Å². The largest absolute Gasteiger partial charge is 0.494 e. The third-order valence-corrected chi connectivity index (χ3v) is 2.98. The van der Waals surface area contributed by atoms with Crippen LogP contribution in [0.4, 0.5) is 5.69 Å². The van der Waals surface area contributed by atoms with Crippen molar-refractivity contribution in [3.05, 3.63) is 24.3 Å². The normalized spacial score (nSPS) is 9.83. The van der Waals surface area contributed by atoms with Crippen molar-refractivity contribution in [1.29, 1.82) is 0 Å². The summed E-state index contributed by atoms with van der Waals surface area (Å²) in [4.78, 5) is 10.6. The van der Waals surface area contributed by atoms with Crippen LogP contribution in [-0.4, -0.2) is 45.9 Å². The predicted molar refractivity (Wildman–Crippen MR) is 99.0 cm³/mol. The Kier molecular flexibility index (Phi) is 15.2. The molecule has 1 aromatic carbocycles. The average Bonchev–Trinajstić information content (AvgIpc) is 2.61. The molecule has 0 unspecified atom stereocenters. The number of anilines is 1. The van der Waals surface area contributed by atoms with Gasteiger partial charge in [0.2, 0.25) is 0 Å². The van der Waals surface area contributed by atoms with Crippen LogP contribution in [0.25, 0.3) is 0 Å². The van der Waals surface area contributed by atoms with Gasteiger partial charge in [0.1, 0.15) is 12.4 Å². The number of hydrogen-bond donors (Lipinski definition) is 1. The number of unbranched alkanes of at least 4 members (excludes halogenated alkanes) is 1. The van der Waals surface area contributed by atoms with Crippen molar-refractivity contribution in [3.63, 3.8) is 0 Å². The minimum Gasteiger partial charge on any atom is -0.494 e. The van der Waals surface area contributed by atoms with Gasteiger partial charge in [0.15, 0.2) is 5.78 Å². The highest BCUT2D eigenvalue weighted by Gasteiger charge is 1.96. The molecule has 0 atom stereocenters. The lowest BCUT2D eigenvalue weighted by molar-refractivity contribution is -0.121. The average molecular weight is 339 g/mol. The summed E-state index contributed by atoms with van der Waals surface area (Å²) in [5, 5.41) is 3.07. The van der Waals surface area contributed by atoms with Crippen LogP contribution >= 0.6 is 0 Å². The lowest BCUT2D eigenvalue weighted by Crippen LogP contribution is -2.07. The topological polar surface area (TPSA) is 56.8 Å². The molecule has 0 aliphatic rings. The summed E-state index contributed by atoms with van der Waals surface area (Å²) in [5.74, 6) is 0.943. The monoisotopic (exact) mass is 339 g/mol. The number of carbonyl (C=O) groups is 1. The van der Waals surface area contributed by atoms with Gasteiger partial charge in [0, 0.05) is 39.0 Å². The molecular formula is C19H33NO4. The van der Waals surface area contributed by atoms with Crippen LogP contribution in [0.1, 0.15) is 40.0 Å². The molecule has 1 aromatic rings. The first-order valence-electron chi connectivity index (χ1n) is 8.78. The Bertz CT molecular complexity index is 406. The molecule has 24 heavy (non-hydrogen) atoms. The smallest absolute Gasteiger partial charge is 0.155 e. The standard InChI is InChI=1S/C17H27NO4.C2H6/c1-15(19)14-21-11-4-3-10-20-12-5-13-22-17-8-6-16(18-2)7-9-17;1-2/h6-9,18H,3-5,10-14H2,1-2H3;1-2H3. The first kappa shape index (κ1) is 22.4. The summed E-state index contributed by atoms with van der Waals surface area (Å²) in [6.07, 6.45) is 2.74. The molecule has 5 nitrogen and oxygen atoms in total. The van der Waals surface area contributed by atoms with Gasteiger partial charge < -0.3 is 19.5 Å². The lowest BCUT2D eigenvalue weighted by Gasteiger charge is -2.08. The molecule has 0 fully saturated rings. The van der Waals surface area contributed by atoms with Gasteiger partial charge in [-0.3, -0.25) is 4.79 Å². The highest BCUT2D eigenvalue weighted by molar-refractivity contribution is 5.76. The molecule has 0 amide bonds. The van der Waals surface area contributed by atoms with Gasteiger partial charge in [0.05, 0.1) is 6.61 Å². The molecule has 0 aliphatic carbocycles. The number of benzene rings is 1. The van der Waals surface area contributed by atoms with Crippen molar-refractivity contribution in [2.75, 3.05) is 45.4 Å². The Morgan fingerprint density at radius 3 is 2.08 bits per heavy atom. The molecule has 138 valence electrons. The molecule has 0 radical (unpaired) electrons. The Morgan fingerprint density at radius 2 is 1.50 bits per heavy atom. The van der Waals surface area contributed by atoms with Crippen LogP contribution in [-0.2, 0) is 14.3 Å². The molecular weight excluding hydrogens is 306 g/mol. The zero-order valence-corrected chi connectivity index (χ0v) is 15.6. The van der Waals surface area contributed by atoms with E-state index in [4.69, 9.17) is 14.2 Å². The Balaban J connectivity index is 0.00000254. The van der Waals surface area contributed by atoms with Gasteiger partial charge in [-0.15, -0.1) is 0 Å². The van der Waals surface area contributed by atoms with Crippen LogP contribution in [0.5, 0.6) is 5.75 Å². The van der Waals surface area contributed by atoms with Gasteiger partial charge in [-0.25, -0.2) is 0 Å². The van der Waals surface area contributed by atoms with Crippen molar-refractivity contribution in [2.45, 2.75) is 40.0 Å². The fraction of sp³-hybridized carbons (Fsp3) is 0.632. The van der Waals surface area contributed by atoms with Gasteiger partial charge in [-0.05, 0) is 44.0 Å². The van der Waals surface area contributed by atoms with E-state index in [1.165, 1.54) is 6.92 Å². The Hall–Kier alpha value is -1.59. The maximum Gasteiger partial charge on any atom is 0.155 e. The van der Waals surface area contributed by atoms with Gasteiger partial charge in [-0.2, -0.15) is 0 Å². The van der Waals surface area contributed by atoms with Crippen LogP contribution in [0.15, 0.2) is 24.3 Å². The number of Topliss-reactive ketones (excluding diaryl/α,β-unsaturated/α-hetero) is 1. The van der Waals surface area contributed by atoms with Gasteiger partial charge in [-0.1, -0.05) is 13.8 Å². The lowest BCUT2D eigenvalue weighted by atomic mass is 10.3. The summed E-state index contributed by atoms with van der Waals surface area (Å²) < 4.78 is 16.3. The van der Waals surface area contributed by atoms with E-state index >= 15 is 0 Å². The Labute approximate surface area is 146 Å². The molecule has 0 heterocycles. The fourth-order valence-corrected chi connectivity index (χ4v) is 1.80. The van der Waals surface area contributed by atoms with Crippen molar-refractivity contribution in [1.82, 2.24) is 0 Å². The number of ether oxygens (including phenoxy) is 3. The molecule has 1 N–H and O–H groups in total. The Morgan fingerprint density at radius 1 is 0.917 bits per heavy atom. The van der Waals surface area contributed by atoms with Crippen LogP contribution in [0, 0.1) is 0 Å². The second-order valence-electron chi connectivity index (χ2n) is 5.05. The van der Waals surface area contributed by atoms with Crippen molar-refractivity contribution >= 4 is 11.5 Å². The van der Waals surface area contributed by atoms with E-state index < -0.39 is 0 Å². The molecule has 0 bridgehead atoms. The van der Waals surface area contributed by atoms with E-state index in [9.17, 15) is 4.79 Å². The van der Waals surface area contributed by atoms with E-state index in [0.29, 0.717) is 19.8 Å². The minimum atomic E-state index is 0.0665. The summed E-state index contributed by atoms with van der Waals surface area (Å²) in [6.45, 7) is 8.44. The molecule has 0 saturated heterocycles. The van der Waals surface area contributed by atoms with Crippen LogP contribution in [0.3, 0.4) is 0 Å². The molecule has 1 rings (SSSR count). The first-order valence-corrected chi connectivity index (χ1v) is 8.78. The minimum absolute atomic E-state index is 0.0665. The molecule has 5 heteroatoms. The van der Waals surface area contributed by atoms with E-state index in [-0.39, 0.29) is 12.4 Å². The third-order valence-electron chi connectivity index (χ3n) is 2.98. The molecule has 0 spiro atoms. The van der Waals surface area contributed by atoms with E-state index in [2.05, 4.69) is 5.32 Å². The first-order chi connectivity index (χ1) is 11.7. The fourth-order valence-electron chi connectivity index (χ4n) is 1.80. The van der Waals surface area contributed by atoms with Crippen molar-refractivity contribution < 1.29 is 19.0 Å². The highest BCUT2D eigenvalue weighted by Crippen LogP contribution is 2.15. The summed E-state index contributed by atoms with van der Waals surface area (Å²) in [7, 11) is 1.89. The second-order valence-corrected chi connectivity index (χ2v) is 5.05. The summed E-state index contributed by atoms with van der Waals surface area (Å²) >= 11 is 0. The number of nitrogens with one attached hydrogen (secondary N) is 1. The molecule has 0 saturated carbocycles. The van der Waals surface area contributed by atoms with E-state index in [1.807, 2.05) is 45.2 Å². The third kappa shape index (κ3) is 12.9. The zero-order chi connectivity index (χ0) is 18.0. The zero-order valence-electron chi connectivity index (χ0n) is 15.6. The van der Waals surface area contributed by atoms with Crippen molar-refractivity contribution in [2.24, 2.45) is 0 Å². The van der Waals surface area contributed by atoms with Crippen molar-refractivity contribution in [3.8, 4) is 5.75 Å². The number of hydrogen-bond acceptors (Lipinski definition) is 5.